The summed E-state index contributed by atoms with van der Waals surface area (Å²) in [5.41, 5.74) is 4.22. The lowest BCUT2D eigenvalue weighted by Crippen LogP contribution is -2.66. The predicted octanol–water partition coefficient (Wildman–Crippen LogP) is 12.2. The summed E-state index contributed by atoms with van der Waals surface area (Å²) >= 11 is 0. The highest BCUT2D eigenvalue weighted by Gasteiger charge is 2.50. The first-order valence-electron chi connectivity index (χ1n) is 25.8. The monoisotopic (exact) mass is 1010 g/mol. The molecule has 0 spiro atoms. The first kappa shape index (κ1) is 58.5. The number of hydrogen-bond acceptors (Lipinski definition) is 10. The van der Waals surface area contributed by atoms with E-state index in [2.05, 4.69) is 139 Å². The highest BCUT2D eigenvalue weighted by Crippen LogP contribution is 2.37. The lowest BCUT2D eigenvalue weighted by atomic mass is 9.95. The van der Waals surface area contributed by atoms with Crippen LogP contribution < -0.4 is 19.8 Å². The maximum absolute atomic E-state index is 13.6. The van der Waals surface area contributed by atoms with E-state index in [4.69, 9.17) is 42.3 Å². The van der Waals surface area contributed by atoms with Crippen molar-refractivity contribution in [1.82, 2.24) is 0 Å². The third-order valence-corrected chi connectivity index (χ3v) is 18.0. The van der Waals surface area contributed by atoms with Crippen LogP contribution in [0.3, 0.4) is 0 Å². The lowest BCUT2D eigenvalue weighted by Gasteiger charge is -2.43. The van der Waals surface area contributed by atoms with Crippen LogP contribution in [-0.4, -0.2) is 86.6 Å². The van der Waals surface area contributed by atoms with Gasteiger partial charge < -0.3 is 42.3 Å². The zero-order chi connectivity index (χ0) is 52.3. The van der Waals surface area contributed by atoms with Gasteiger partial charge in [-0.1, -0.05) is 166 Å². The average molecular weight is 1020 g/mol. The molecular formula is C62H82O10Si. The number of cyclic esters (lactones) is 1. The van der Waals surface area contributed by atoms with Gasteiger partial charge >= 0.3 is 5.97 Å². The van der Waals surface area contributed by atoms with Gasteiger partial charge in [-0.05, 0) is 96.8 Å². The van der Waals surface area contributed by atoms with Gasteiger partial charge in [-0.3, -0.25) is 0 Å². The molecule has 0 N–H and O–H groups in total. The molecule has 0 fully saturated rings. The van der Waals surface area contributed by atoms with Crippen molar-refractivity contribution >= 4 is 24.7 Å². The van der Waals surface area contributed by atoms with Gasteiger partial charge in [-0.15, -0.1) is 0 Å². The topological polar surface area (TPSA) is 100 Å². The highest BCUT2D eigenvalue weighted by atomic mass is 28.4. The van der Waals surface area contributed by atoms with Gasteiger partial charge in [0.25, 0.3) is 8.32 Å². The molecule has 5 rings (SSSR count). The van der Waals surface area contributed by atoms with E-state index < -0.39 is 20.5 Å². The number of ether oxygens (including phenoxy) is 8. The molecule has 1 aliphatic heterocycles. The molecule has 2 unspecified atom stereocenters. The molecule has 5 atom stereocenters. The van der Waals surface area contributed by atoms with Crippen LogP contribution in [0.15, 0.2) is 169 Å². The molecule has 1 heterocycles. The third-order valence-electron chi connectivity index (χ3n) is 13.0. The summed E-state index contributed by atoms with van der Waals surface area (Å²) in [5, 5.41) is 2.32. The van der Waals surface area contributed by atoms with Gasteiger partial charge in [0, 0.05) is 25.5 Å². The second kappa shape index (κ2) is 31.4. The Labute approximate surface area is 438 Å². The Morgan fingerprint density at radius 2 is 1.37 bits per heavy atom. The predicted molar refractivity (Wildman–Crippen MR) is 296 cm³/mol. The number of benzene rings is 4. The van der Waals surface area contributed by atoms with E-state index in [-0.39, 0.29) is 35.9 Å². The minimum Gasteiger partial charge on any atom is -0.497 e. The van der Waals surface area contributed by atoms with E-state index in [0.717, 1.165) is 40.2 Å². The SMILES string of the molecule is COCCOCOC1CC/C=C/C=C(\C)CC([C@H](C)/C=C(\C)CO[Si](c2ccccc2)(c2ccccc2)C(C)(C)C)OC(=O)/C=C/CCC[C@H](OCc2ccc(OC)cc2)C=C[C@@H]1OCc1ccc(OC)cc1. The van der Waals surface area contributed by atoms with E-state index in [1.165, 1.54) is 10.4 Å². The maximum Gasteiger partial charge on any atom is 0.330 e. The average Bonchev–Trinajstić information content (AvgIpc) is 3.39. The van der Waals surface area contributed by atoms with E-state index >= 15 is 0 Å². The fourth-order valence-corrected chi connectivity index (χ4v) is 13.6. The molecule has 394 valence electrons. The molecule has 1 aliphatic rings. The smallest absolute Gasteiger partial charge is 0.330 e. The summed E-state index contributed by atoms with van der Waals surface area (Å²) in [4.78, 5) is 13.6. The minimum absolute atomic E-state index is 0.0918. The van der Waals surface area contributed by atoms with Crippen LogP contribution in [-0.2, 0) is 50.9 Å². The van der Waals surface area contributed by atoms with Crippen LogP contribution >= 0.6 is 0 Å². The summed E-state index contributed by atoms with van der Waals surface area (Å²) in [6, 6.07) is 37.2. The summed E-state index contributed by atoms with van der Waals surface area (Å²) < 4.78 is 55.2. The van der Waals surface area contributed by atoms with Crippen LogP contribution in [0, 0.1) is 5.92 Å². The number of carbonyl (C=O) groups excluding carboxylic acids is 1. The summed E-state index contributed by atoms with van der Waals surface area (Å²) in [7, 11) is 2.21. The Balaban J connectivity index is 1.40. The van der Waals surface area contributed by atoms with Crippen LogP contribution in [0.1, 0.15) is 91.2 Å². The fourth-order valence-electron chi connectivity index (χ4n) is 8.98. The van der Waals surface area contributed by atoms with E-state index in [9.17, 15) is 4.79 Å². The van der Waals surface area contributed by atoms with E-state index in [0.29, 0.717) is 65.1 Å². The van der Waals surface area contributed by atoms with Crippen molar-refractivity contribution in [1.29, 1.82) is 0 Å². The lowest BCUT2D eigenvalue weighted by molar-refractivity contribution is -0.144. The van der Waals surface area contributed by atoms with E-state index in [1.807, 2.05) is 54.6 Å². The number of esters is 1. The van der Waals surface area contributed by atoms with Crippen molar-refractivity contribution in [3.63, 3.8) is 0 Å². The third kappa shape index (κ3) is 19.4. The Morgan fingerprint density at radius 3 is 1.96 bits per heavy atom. The van der Waals surface area contributed by atoms with Crippen LogP contribution in [0.2, 0.25) is 5.04 Å². The molecule has 0 radical (unpaired) electrons. The fraction of sp³-hybridized carbons (Fsp3) is 0.435. The standard InChI is InChI=1S/C62H82O10Si/c1-48-22-14-10-20-28-58(70-47-67-41-40-64-7)59(69-46-52-32-36-54(66-9)37-33-52)39-38-55(68-45-51-30-34-53(65-8)35-31-51)23-15-11-21-29-61(63)72-60(43-48)50(3)42-49(2)44-71-73(62(4,5)6,56-24-16-12-17-25-56)57-26-18-13-19-27-57/h10,12-14,16-19,21-22,24-27,29-39,42,50,55,58-60H,11,15,20,23,28,40-41,43-47H2,1-9H3/b14-10+,29-21+,39-38?,48-22+,49-42+/t50-,55+,58?,59+,60?/m1/s1. The number of carbonyl (C=O) groups is 1. The number of methoxy groups -OCH3 is 3. The number of rotatable bonds is 21. The van der Waals surface area contributed by atoms with Crippen LogP contribution in [0.25, 0.3) is 0 Å². The number of hydrogen-bond donors (Lipinski definition) is 0. The van der Waals surface area contributed by atoms with E-state index in [1.54, 1.807) is 27.4 Å². The Bertz CT molecular complexity index is 2300. The first-order valence-corrected chi connectivity index (χ1v) is 27.7. The van der Waals surface area contributed by atoms with Crippen LogP contribution in [0.4, 0.5) is 0 Å². The Hall–Kier alpha value is -5.37. The molecule has 4 aromatic carbocycles. The molecule has 11 heteroatoms. The molecule has 0 bridgehead atoms. The summed E-state index contributed by atoms with van der Waals surface area (Å²) in [6.07, 6.45) is 18.8. The maximum atomic E-state index is 13.6. The number of allylic oxidation sites excluding steroid dienone is 4. The summed E-state index contributed by atoms with van der Waals surface area (Å²) in [5.74, 6) is 1.12. The molecule has 0 aliphatic carbocycles. The molecule has 4 aromatic rings. The zero-order valence-corrected chi connectivity index (χ0v) is 46.0. The molecule has 10 nitrogen and oxygen atoms in total. The second-order valence-electron chi connectivity index (χ2n) is 19.8. The van der Waals surface area contributed by atoms with Crippen molar-refractivity contribution in [2.24, 2.45) is 5.92 Å². The van der Waals surface area contributed by atoms with Gasteiger partial charge in [0.05, 0.1) is 59.5 Å². The first-order chi connectivity index (χ1) is 35.3. The molecule has 73 heavy (non-hydrogen) atoms. The quantitative estimate of drug-likeness (QED) is 0.0264. The molecule has 0 saturated carbocycles. The van der Waals surface area contributed by atoms with Crippen molar-refractivity contribution in [2.75, 3.05) is 47.9 Å². The molecule has 0 aromatic heterocycles. The highest BCUT2D eigenvalue weighted by molar-refractivity contribution is 6.99. The Morgan fingerprint density at radius 1 is 0.753 bits per heavy atom. The second-order valence-corrected chi connectivity index (χ2v) is 24.1. The van der Waals surface area contributed by atoms with Crippen molar-refractivity contribution < 1.29 is 47.1 Å². The van der Waals surface area contributed by atoms with Crippen LogP contribution in [0.5, 0.6) is 11.5 Å². The summed E-state index contributed by atoms with van der Waals surface area (Å²) in [6.45, 7) is 15.4. The zero-order valence-electron chi connectivity index (χ0n) is 45.0. The normalized spacial score (nSPS) is 21.0. The van der Waals surface area contributed by atoms with Gasteiger partial charge in [0.2, 0.25) is 0 Å². The van der Waals surface area contributed by atoms with Gasteiger partial charge in [0.1, 0.15) is 30.5 Å². The van der Waals surface area contributed by atoms with Gasteiger partial charge in [-0.25, -0.2) is 4.79 Å². The van der Waals surface area contributed by atoms with Gasteiger partial charge in [0.15, 0.2) is 0 Å². The van der Waals surface area contributed by atoms with Crippen molar-refractivity contribution in [2.45, 2.75) is 123 Å². The van der Waals surface area contributed by atoms with Crippen molar-refractivity contribution in [3.8, 4) is 11.5 Å². The largest absolute Gasteiger partial charge is 0.497 e. The minimum atomic E-state index is -2.76. The molecule has 0 saturated heterocycles. The Kier molecular flexibility index (Phi) is 25.2. The van der Waals surface area contributed by atoms with Crippen molar-refractivity contribution in [3.05, 3.63) is 180 Å². The molecule has 0 amide bonds. The van der Waals surface area contributed by atoms with Gasteiger partial charge in [-0.2, -0.15) is 0 Å². The molecular weight excluding hydrogens is 933 g/mol.